The normalized spacial score (nSPS) is 10.8. The van der Waals surface area contributed by atoms with Crippen molar-refractivity contribution in [2.24, 2.45) is 0 Å². The van der Waals surface area contributed by atoms with E-state index in [0.717, 1.165) is 15.4 Å². The zero-order valence-electron chi connectivity index (χ0n) is 6.75. The number of hydrogen-bond donors (Lipinski definition) is 2. The lowest BCUT2D eigenvalue weighted by Crippen LogP contribution is -1.83. The average molecular weight is 258 g/mol. The molecule has 0 amide bonds. The van der Waals surface area contributed by atoms with Gasteiger partial charge in [0.05, 0.1) is 5.69 Å². The van der Waals surface area contributed by atoms with Crippen LogP contribution in [0.2, 0.25) is 0 Å². The molecule has 13 heavy (non-hydrogen) atoms. The largest absolute Gasteiger partial charge is 0.505 e. The van der Waals surface area contributed by atoms with E-state index >= 15 is 0 Å². The highest BCUT2D eigenvalue weighted by atomic mass is 79.9. The molecular formula is C9H8BrNOS. The number of phenols is 1. The molecule has 2 aromatic rings. The molecule has 2 rings (SSSR count). The second kappa shape index (κ2) is 3.20. The van der Waals surface area contributed by atoms with Crippen molar-refractivity contribution in [2.75, 3.05) is 5.73 Å². The number of benzene rings is 1. The van der Waals surface area contributed by atoms with Crippen LogP contribution in [0.15, 0.2) is 18.2 Å². The van der Waals surface area contributed by atoms with E-state index in [2.05, 4.69) is 15.9 Å². The predicted octanol–water partition coefficient (Wildman–Crippen LogP) is 3.08. The van der Waals surface area contributed by atoms with Crippen LogP contribution >= 0.6 is 27.3 Å². The van der Waals surface area contributed by atoms with E-state index in [1.807, 2.05) is 12.1 Å². The fraction of sp³-hybridized carbons (Fsp3) is 0.111. The summed E-state index contributed by atoms with van der Waals surface area (Å²) in [6.45, 7) is 0. The lowest BCUT2D eigenvalue weighted by molar-refractivity contribution is 0.484. The third-order valence-corrected chi connectivity index (χ3v) is 3.96. The van der Waals surface area contributed by atoms with Crippen LogP contribution in [0.3, 0.4) is 0 Å². The number of phenolic OH excluding ortho intramolecular Hbond substituents is 1. The summed E-state index contributed by atoms with van der Waals surface area (Å²) in [5.74, 6) is 0.195. The Morgan fingerprint density at radius 1 is 1.46 bits per heavy atom. The minimum Gasteiger partial charge on any atom is -0.505 e. The minimum atomic E-state index is 0.195. The maximum atomic E-state index is 9.63. The highest BCUT2D eigenvalue weighted by Crippen LogP contribution is 2.36. The van der Waals surface area contributed by atoms with Crippen LogP contribution in [-0.4, -0.2) is 5.11 Å². The first kappa shape index (κ1) is 8.84. The molecule has 3 N–H and O–H groups in total. The first-order valence-electron chi connectivity index (χ1n) is 3.78. The summed E-state index contributed by atoms with van der Waals surface area (Å²) in [5, 5.41) is 11.3. The lowest BCUT2D eigenvalue weighted by atomic mass is 10.2. The maximum absolute atomic E-state index is 9.63. The fourth-order valence-electron chi connectivity index (χ4n) is 1.23. The van der Waals surface area contributed by atoms with Crippen molar-refractivity contribution < 1.29 is 5.11 Å². The Morgan fingerprint density at radius 3 is 2.92 bits per heavy atom. The van der Waals surface area contributed by atoms with Gasteiger partial charge in [0, 0.05) is 20.3 Å². The van der Waals surface area contributed by atoms with Gasteiger partial charge in [-0.15, -0.1) is 11.3 Å². The van der Waals surface area contributed by atoms with Gasteiger partial charge in [-0.05, 0) is 18.2 Å². The average Bonchev–Trinajstić information content (AvgIpc) is 2.55. The number of anilines is 1. The van der Waals surface area contributed by atoms with Gasteiger partial charge in [0.15, 0.2) is 0 Å². The van der Waals surface area contributed by atoms with Gasteiger partial charge in [0.2, 0.25) is 0 Å². The second-order valence-corrected chi connectivity index (χ2v) is 4.49. The molecule has 0 aliphatic heterocycles. The molecule has 0 aliphatic rings. The summed E-state index contributed by atoms with van der Waals surface area (Å²) >= 11 is 5.03. The van der Waals surface area contributed by atoms with E-state index in [1.54, 1.807) is 17.4 Å². The summed E-state index contributed by atoms with van der Waals surface area (Å²) in [6, 6.07) is 5.62. The molecule has 68 valence electrons. The summed E-state index contributed by atoms with van der Waals surface area (Å²) in [7, 11) is 0. The quantitative estimate of drug-likeness (QED) is 0.469. The molecule has 2 nitrogen and oxygen atoms in total. The summed E-state index contributed by atoms with van der Waals surface area (Å²) < 4.78 is 1.07. The van der Waals surface area contributed by atoms with E-state index in [9.17, 15) is 5.11 Å². The number of fused-ring (bicyclic) bond motifs is 1. The number of rotatable bonds is 1. The maximum Gasteiger partial charge on any atom is 0.147 e. The molecule has 1 aromatic carbocycles. The van der Waals surface area contributed by atoms with Gasteiger partial charge in [-0.2, -0.15) is 0 Å². The van der Waals surface area contributed by atoms with E-state index in [0.29, 0.717) is 5.69 Å². The molecule has 0 spiro atoms. The van der Waals surface area contributed by atoms with E-state index < -0.39 is 0 Å². The Bertz CT molecular complexity index is 452. The fourth-order valence-corrected chi connectivity index (χ4v) is 2.65. The number of thiophene rings is 1. The summed E-state index contributed by atoms with van der Waals surface area (Å²) in [6.07, 6.45) is 0. The van der Waals surface area contributed by atoms with Crippen molar-refractivity contribution in [2.45, 2.75) is 5.33 Å². The molecule has 0 unspecified atom stereocenters. The third-order valence-electron chi connectivity index (χ3n) is 1.89. The molecule has 0 radical (unpaired) electrons. The van der Waals surface area contributed by atoms with Crippen LogP contribution in [0.25, 0.3) is 10.1 Å². The Balaban J connectivity index is 2.76. The van der Waals surface area contributed by atoms with Gasteiger partial charge in [0.1, 0.15) is 5.75 Å². The summed E-state index contributed by atoms with van der Waals surface area (Å²) in [4.78, 5) is 1.19. The van der Waals surface area contributed by atoms with Crippen LogP contribution in [0, 0.1) is 0 Å². The van der Waals surface area contributed by atoms with Crippen molar-refractivity contribution in [1.29, 1.82) is 0 Å². The molecule has 0 saturated carbocycles. The van der Waals surface area contributed by atoms with Gasteiger partial charge in [-0.3, -0.25) is 0 Å². The van der Waals surface area contributed by atoms with Gasteiger partial charge >= 0.3 is 0 Å². The van der Waals surface area contributed by atoms with Crippen LogP contribution in [0.5, 0.6) is 5.75 Å². The molecule has 1 aromatic heterocycles. The SMILES string of the molecule is Nc1ccc2sc(CBr)cc2c1O. The molecule has 0 fully saturated rings. The highest BCUT2D eigenvalue weighted by molar-refractivity contribution is 9.08. The highest BCUT2D eigenvalue weighted by Gasteiger charge is 2.07. The van der Waals surface area contributed by atoms with Crippen LogP contribution in [0.1, 0.15) is 4.88 Å². The second-order valence-electron chi connectivity index (χ2n) is 2.76. The first-order chi connectivity index (χ1) is 6.22. The Kier molecular flexibility index (Phi) is 2.17. The topological polar surface area (TPSA) is 46.2 Å². The van der Waals surface area contributed by atoms with Crippen LogP contribution in [0.4, 0.5) is 5.69 Å². The van der Waals surface area contributed by atoms with Crippen molar-refractivity contribution in [3.63, 3.8) is 0 Å². The van der Waals surface area contributed by atoms with E-state index in [-0.39, 0.29) is 5.75 Å². The third kappa shape index (κ3) is 1.40. The van der Waals surface area contributed by atoms with Crippen molar-refractivity contribution in [3.05, 3.63) is 23.1 Å². The van der Waals surface area contributed by atoms with Gasteiger partial charge in [-0.25, -0.2) is 0 Å². The van der Waals surface area contributed by atoms with Gasteiger partial charge in [-0.1, -0.05) is 15.9 Å². The van der Waals surface area contributed by atoms with Crippen LogP contribution in [-0.2, 0) is 5.33 Å². The number of halogens is 1. The molecular weight excluding hydrogens is 250 g/mol. The standard InChI is InChI=1S/C9H8BrNOS/c10-4-5-3-6-8(13-5)2-1-7(11)9(6)12/h1-3,12H,4,11H2. The van der Waals surface area contributed by atoms with Gasteiger partial charge in [0.25, 0.3) is 0 Å². The Labute approximate surface area is 88.1 Å². The molecule has 0 aliphatic carbocycles. The van der Waals surface area contributed by atoms with Crippen molar-refractivity contribution >= 4 is 43.0 Å². The summed E-state index contributed by atoms with van der Waals surface area (Å²) in [5.41, 5.74) is 6.02. The molecule has 1 heterocycles. The van der Waals surface area contributed by atoms with Gasteiger partial charge < -0.3 is 10.8 Å². The zero-order chi connectivity index (χ0) is 9.42. The lowest BCUT2D eigenvalue weighted by Gasteiger charge is -1.97. The van der Waals surface area contributed by atoms with E-state index in [1.165, 1.54) is 4.88 Å². The predicted molar refractivity (Wildman–Crippen MR) is 60.5 cm³/mol. The molecule has 0 bridgehead atoms. The smallest absolute Gasteiger partial charge is 0.147 e. The minimum absolute atomic E-state index is 0.195. The molecule has 0 atom stereocenters. The monoisotopic (exact) mass is 257 g/mol. The Morgan fingerprint density at radius 2 is 2.23 bits per heavy atom. The number of nitrogens with two attached hydrogens (primary N) is 1. The Hall–Kier alpha value is -0.740. The van der Waals surface area contributed by atoms with Crippen molar-refractivity contribution in [1.82, 2.24) is 0 Å². The number of aromatic hydroxyl groups is 1. The first-order valence-corrected chi connectivity index (χ1v) is 5.72. The van der Waals surface area contributed by atoms with Crippen molar-refractivity contribution in [3.8, 4) is 5.75 Å². The van der Waals surface area contributed by atoms with Crippen LogP contribution < -0.4 is 5.73 Å². The molecule has 4 heteroatoms. The number of hydrogen-bond acceptors (Lipinski definition) is 3. The number of nitrogen functional groups attached to an aromatic ring is 1. The molecule has 0 saturated heterocycles. The van der Waals surface area contributed by atoms with E-state index in [4.69, 9.17) is 5.73 Å². The number of alkyl halides is 1. The zero-order valence-corrected chi connectivity index (χ0v) is 9.15.